The summed E-state index contributed by atoms with van der Waals surface area (Å²) in [6, 6.07) is 8.04. The molecule has 0 amide bonds. The number of likely N-dealkylation sites (N-methyl/N-ethyl adjacent to an activating group) is 1. The van der Waals surface area contributed by atoms with Crippen LogP contribution in [0.5, 0.6) is 5.75 Å². The number of hydrogen-bond donors (Lipinski definition) is 2. The van der Waals surface area contributed by atoms with Gasteiger partial charge >= 0.3 is 0 Å². The summed E-state index contributed by atoms with van der Waals surface area (Å²) in [5.74, 6) is 1.24. The van der Waals surface area contributed by atoms with Gasteiger partial charge in [-0.25, -0.2) is 4.68 Å². The summed E-state index contributed by atoms with van der Waals surface area (Å²) < 4.78 is 7.11. The summed E-state index contributed by atoms with van der Waals surface area (Å²) in [5.41, 5.74) is 1.21. The molecular weight excluding hydrogens is 356 g/mol. The normalized spacial score (nSPS) is 13.1. The van der Waals surface area contributed by atoms with Crippen LogP contribution in [0.1, 0.15) is 32.4 Å². The van der Waals surface area contributed by atoms with Gasteiger partial charge in [-0.15, -0.1) is 0 Å². The summed E-state index contributed by atoms with van der Waals surface area (Å²) in [5, 5.41) is 8.10. The number of nitrogens with one attached hydrogen (secondary N) is 2. The maximum atomic E-state index is 12.5. The smallest absolute Gasteiger partial charge is 0.263 e. The Kier molecular flexibility index (Phi) is 5.42. The zero-order chi connectivity index (χ0) is 20.5. The van der Waals surface area contributed by atoms with Gasteiger partial charge in [0.05, 0.1) is 24.9 Å². The number of nitrogens with zero attached hydrogens (tertiary/aromatic N) is 4. The van der Waals surface area contributed by atoms with Gasteiger partial charge in [0.25, 0.3) is 5.56 Å². The maximum Gasteiger partial charge on any atom is 0.263 e. The number of hydrogen-bond acceptors (Lipinski definition) is 6. The molecule has 0 radical (unpaired) electrons. The van der Waals surface area contributed by atoms with Crippen molar-refractivity contribution in [3.8, 4) is 5.75 Å². The third-order valence-corrected chi connectivity index (χ3v) is 4.64. The SMILES string of the molecule is COc1cccc(C(CNc2nc3c(cnn3C(C)(C)C)c(=O)[nH]2)N(C)C)c1. The lowest BCUT2D eigenvalue weighted by Gasteiger charge is -2.25. The van der Waals surface area contributed by atoms with Crippen LogP contribution in [-0.4, -0.2) is 52.4 Å². The molecule has 8 nitrogen and oxygen atoms in total. The Morgan fingerprint density at radius 3 is 2.71 bits per heavy atom. The van der Waals surface area contributed by atoms with Crippen molar-refractivity contribution in [3.05, 3.63) is 46.4 Å². The Labute approximate surface area is 164 Å². The molecule has 2 aromatic heterocycles. The van der Waals surface area contributed by atoms with E-state index in [1.54, 1.807) is 18.0 Å². The van der Waals surface area contributed by atoms with Crippen LogP contribution in [-0.2, 0) is 5.54 Å². The summed E-state index contributed by atoms with van der Waals surface area (Å²) in [6.45, 7) is 6.65. The second kappa shape index (κ2) is 7.63. The Bertz CT molecular complexity index is 1020. The standard InChI is InChI=1S/C20H28N6O2/c1-20(2,3)26-17-15(11-22-26)18(27)24-19(23-17)21-12-16(25(4)5)13-8-7-9-14(10-13)28-6/h7-11,16H,12H2,1-6H3,(H2,21,23,24,27). The van der Waals surface area contributed by atoms with E-state index in [1.165, 1.54) is 0 Å². The molecule has 0 bridgehead atoms. The Balaban J connectivity index is 1.89. The van der Waals surface area contributed by atoms with Gasteiger partial charge in [0, 0.05) is 6.54 Å². The van der Waals surface area contributed by atoms with Crippen molar-refractivity contribution in [3.63, 3.8) is 0 Å². The van der Waals surface area contributed by atoms with Gasteiger partial charge in [-0.2, -0.15) is 10.1 Å². The minimum atomic E-state index is -0.271. The van der Waals surface area contributed by atoms with E-state index in [-0.39, 0.29) is 17.1 Å². The van der Waals surface area contributed by atoms with E-state index < -0.39 is 0 Å². The molecule has 8 heteroatoms. The fourth-order valence-electron chi connectivity index (χ4n) is 3.13. The largest absolute Gasteiger partial charge is 0.497 e. The number of aromatic nitrogens is 4. The third kappa shape index (κ3) is 4.01. The fraction of sp³-hybridized carbons (Fsp3) is 0.450. The van der Waals surface area contributed by atoms with Gasteiger partial charge in [0.15, 0.2) is 5.65 Å². The van der Waals surface area contributed by atoms with Crippen molar-refractivity contribution in [2.24, 2.45) is 0 Å². The molecular formula is C20H28N6O2. The molecule has 1 unspecified atom stereocenters. The monoisotopic (exact) mass is 384 g/mol. The van der Waals surface area contributed by atoms with E-state index in [2.05, 4.69) is 31.3 Å². The first-order valence-electron chi connectivity index (χ1n) is 9.23. The average Bonchev–Trinajstić information content (AvgIpc) is 3.07. The zero-order valence-corrected chi connectivity index (χ0v) is 17.3. The molecule has 0 aliphatic heterocycles. The number of aromatic amines is 1. The van der Waals surface area contributed by atoms with E-state index >= 15 is 0 Å². The first-order chi connectivity index (χ1) is 13.2. The van der Waals surface area contributed by atoms with Gasteiger partial charge in [-0.3, -0.25) is 9.78 Å². The molecule has 1 aromatic carbocycles. The molecule has 2 N–H and O–H groups in total. The highest BCUT2D eigenvalue weighted by Crippen LogP contribution is 2.23. The van der Waals surface area contributed by atoms with Crippen molar-refractivity contribution >= 4 is 17.0 Å². The van der Waals surface area contributed by atoms with Gasteiger partial charge in [0.2, 0.25) is 5.95 Å². The number of benzene rings is 1. The second-order valence-electron chi connectivity index (χ2n) is 8.02. The number of H-pyrrole nitrogens is 1. The van der Waals surface area contributed by atoms with Crippen LogP contribution >= 0.6 is 0 Å². The van der Waals surface area contributed by atoms with Crippen LogP contribution < -0.4 is 15.6 Å². The number of ether oxygens (including phenoxy) is 1. The van der Waals surface area contributed by atoms with E-state index in [0.29, 0.717) is 23.5 Å². The predicted octanol–water partition coefficient (Wildman–Crippen LogP) is 2.60. The summed E-state index contributed by atoms with van der Waals surface area (Å²) in [6.07, 6.45) is 1.56. The number of anilines is 1. The molecule has 3 rings (SSSR count). The molecule has 0 aliphatic rings. The molecule has 0 saturated heterocycles. The molecule has 0 spiro atoms. The van der Waals surface area contributed by atoms with Crippen LogP contribution in [0, 0.1) is 0 Å². The molecule has 1 atom stereocenters. The molecule has 0 fully saturated rings. The van der Waals surface area contributed by atoms with Crippen LogP contribution in [0.4, 0.5) is 5.95 Å². The molecule has 0 saturated carbocycles. The summed E-state index contributed by atoms with van der Waals surface area (Å²) in [4.78, 5) is 22.0. The molecule has 28 heavy (non-hydrogen) atoms. The van der Waals surface area contributed by atoms with Crippen LogP contribution in [0.15, 0.2) is 35.3 Å². The molecule has 0 aliphatic carbocycles. The lowest BCUT2D eigenvalue weighted by molar-refractivity contribution is 0.310. The minimum absolute atomic E-state index is 0.0728. The molecule has 3 aromatic rings. The summed E-state index contributed by atoms with van der Waals surface area (Å²) >= 11 is 0. The second-order valence-corrected chi connectivity index (χ2v) is 8.02. The first-order valence-corrected chi connectivity index (χ1v) is 9.23. The zero-order valence-electron chi connectivity index (χ0n) is 17.3. The maximum absolute atomic E-state index is 12.5. The van der Waals surface area contributed by atoms with Crippen LogP contribution in [0.3, 0.4) is 0 Å². The van der Waals surface area contributed by atoms with Gasteiger partial charge in [0.1, 0.15) is 11.1 Å². The Morgan fingerprint density at radius 1 is 1.32 bits per heavy atom. The highest BCUT2D eigenvalue weighted by molar-refractivity contribution is 5.74. The van der Waals surface area contributed by atoms with Crippen molar-refractivity contribution < 1.29 is 4.74 Å². The van der Waals surface area contributed by atoms with Gasteiger partial charge in [-0.1, -0.05) is 12.1 Å². The molecule has 150 valence electrons. The quantitative estimate of drug-likeness (QED) is 0.679. The minimum Gasteiger partial charge on any atom is -0.497 e. The van der Waals surface area contributed by atoms with Gasteiger partial charge in [-0.05, 0) is 52.6 Å². The highest BCUT2D eigenvalue weighted by atomic mass is 16.5. The van der Waals surface area contributed by atoms with Crippen molar-refractivity contribution in [2.75, 3.05) is 33.1 Å². The predicted molar refractivity (Wildman–Crippen MR) is 111 cm³/mol. The number of rotatable bonds is 6. The fourth-order valence-corrected chi connectivity index (χ4v) is 3.13. The van der Waals surface area contributed by atoms with E-state index in [9.17, 15) is 4.79 Å². The van der Waals surface area contributed by atoms with Crippen molar-refractivity contribution in [2.45, 2.75) is 32.4 Å². The topological polar surface area (TPSA) is 88.1 Å². The highest BCUT2D eigenvalue weighted by Gasteiger charge is 2.20. The first kappa shape index (κ1) is 19.9. The Morgan fingerprint density at radius 2 is 2.07 bits per heavy atom. The summed E-state index contributed by atoms with van der Waals surface area (Å²) in [7, 11) is 5.68. The van der Waals surface area contributed by atoms with E-state index in [0.717, 1.165) is 11.3 Å². The van der Waals surface area contributed by atoms with Gasteiger partial charge < -0.3 is 15.0 Å². The van der Waals surface area contributed by atoms with E-state index in [1.807, 2.05) is 53.1 Å². The van der Waals surface area contributed by atoms with Crippen molar-refractivity contribution in [1.29, 1.82) is 0 Å². The number of methoxy groups -OCH3 is 1. The average molecular weight is 384 g/mol. The van der Waals surface area contributed by atoms with Crippen molar-refractivity contribution in [1.82, 2.24) is 24.6 Å². The van der Waals surface area contributed by atoms with Crippen LogP contribution in [0.2, 0.25) is 0 Å². The van der Waals surface area contributed by atoms with E-state index in [4.69, 9.17) is 4.74 Å². The molecule has 2 heterocycles. The van der Waals surface area contributed by atoms with Crippen LogP contribution in [0.25, 0.3) is 11.0 Å². The third-order valence-electron chi connectivity index (χ3n) is 4.64. The lowest BCUT2D eigenvalue weighted by Crippen LogP contribution is -2.28. The Hall–Kier alpha value is -2.87. The number of fused-ring (bicyclic) bond motifs is 1. The lowest BCUT2D eigenvalue weighted by atomic mass is 10.1.